The lowest BCUT2D eigenvalue weighted by atomic mass is 9.33. The summed E-state index contributed by atoms with van der Waals surface area (Å²) < 4.78 is 11.7. The molecule has 0 spiro atoms. The molecule has 0 aliphatic carbocycles. The summed E-state index contributed by atoms with van der Waals surface area (Å²) in [5, 5.41) is 7.18. The van der Waals surface area contributed by atoms with Crippen LogP contribution in [0.3, 0.4) is 0 Å². The zero-order chi connectivity index (χ0) is 46.3. The Kier molecular flexibility index (Phi) is 7.94. The Bertz CT molecular complexity index is 4530. The Morgan fingerprint density at radius 2 is 0.944 bits per heavy atom. The average molecular weight is 902 g/mol. The van der Waals surface area contributed by atoms with E-state index in [0.717, 1.165) is 50.0 Å². The van der Waals surface area contributed by atoms with Crippen LogP contribution in [0.15, 0.2) is 247 Å². The molecule has 0 amide bonds. The van der Waals surface area contributed by atoms with Crippen LogP contribution in [0, 0.1) is 0 Å². The quantitative estimate of drug-likeness (QED) is 0.161. The normalized spacial score (nSPS) is 12.7. The second-order valence-electron chi connectivity index (χ2n) is 19.2. The third kappa shape index (κ3) is 5.46. The molecule has 71 heavy (non-hydrogen) atoms. The van der Waals surface area contributed by atoms with Crippen molar-refractivity contribution < 1.29 is 4.42 Å². The van der Waals surface area contributed by atoms with E-state index in [1.807, 2.05) is 0 Å². The first-order chi connectivity index (χ1) is 35.2. The van der Waals surface area contributed by atoms with Crippen LogP contribution >= 0.6 is 0 Å². The van der Waals surface area contributed by atoms with Crippen molar-refractivity contribution in [2.75, 3.05) is 4.90 Å². The maximum absolute atomic E-state index is 6.67. The zero-order valence-electron chi connectivity index (χ0n) is 38.4. The van der Waals surface area contributed by atoms with E-state index >= 15 is 0 Å². The molecule has 0 fully saturated rings. The van der Waals surface area contributed by atoms with Gasteiger partial charge >= 0.3 is 0 Å². The summed E-state index contributed by atoms with van der Waals surface area (Å²) in [6.07, 6.45) is 0. The lowest BCUT2D eigenvalue weighted by Gasteiger charge is -2.41. The van der Waals surface area contributed by atoms with E-state index < -0.39 is 0 Å². The second-order valence-corrected chi connectivity index (χ2v) is 19.2. The third-order valence-electron chi connectivity index (χ3n) is 15.5. The van der Waals surface area contributed by atoms with Crippen molar-refractivity contribution in [3.63, 3.8) is 0 Å². The van der Waals surface area contributed by atoms with Gasteiger partial charge in [0.1, 0.15) is 11.2 Å². The summed E-state index contributed by atoms with van der Waals surface area (Å²) in [6, 6.07) is 89.5. The summed E-state index contributed by atoms with van der Waals surface area (Å²) in [5.74, 6) is 0. The highest BCUT2D eigenvalue weighted by Crippen LogP contribution is 2.48. The molecule has 2 aliphatic heterocycles. The number of hydrogen-bond donors (Lipinski definition) is 0. The molecule has 0 saturated carbocycles. The molecule has 3 aromatic heterocycles. The SMILES string of the molecule is c1ccc(-c2cccc(-c3ccccc3N3c4cc5c6ccccc6n(-c6ccccc6)c5cc4B4c5c3cc(-c3ccccc3)cc5-n3c5cc6oc7ccccc7c6cc5c5cccc4c53)c2)cc1. The summed E-state index contributed by atoms with van der Waals surface area (Å²) in [6.45, 7) is -0.0828. The van der Waals surface area contributed by atoms with Gasteiger partial charge in [0.25, 0.3) is 6.71 Å². The van der Waals surface area contributed by atoms with Crippen LogP contribution in [0.4, 0.5) is 17.1 Å². The fourth-order valence-electron chi connectivity index (χ4n) is 12.5. The maximum Gasteiger partial charge on any atom is 0.252 e. The zero-order valence-corrected chi connectivity index (χ0v) is 38.4. The third-order valence-corrected chi connectivity index (χ3v) is 15.5. The Morgan fingerprint density at radius 1 is 0.310 bits per heavy atom. The molecule has 5 heterocycles. The van der Waals surface area contributed by atoms with Gasteiger partial charge in [-0.15, -0.1) is 0 Å². The van der Waals surface area contributed by atoms with Crippen molar-refractivity contribution in [3.05, 3.63) is 243 Å². The monoisotopic (exact) mass is 901 g/mol. The molecule has 14 aromatic rings. The van der Waals surface area contributed by atoms with E-state index in [-0.39, 0.29) is 6.71 Å². The number of rotatable bonds is 5. The highest BCUT2D eigenvalue weighted by atomic mass is 16.3. The number of furan rings is 1. The van der Waals surface area contributed by atoms with Crippen LogP contribution in [0.25, 0.3) is 110 Å². The molecule has 16 rings (SSSR count). The number of hydrogen-bond acceptors (Lipinski definition) is 2. The first kappa shape index (κ1) is 38.6. The van der Waals surface area contributed by atoms with Gasteiger partial charge in [0.05, 0.1) is 22.2 Å². The first-order valence-electron chi connectivity index (χ1n) is 24.5. The molecule has 4 nitrogen and oxygen atoms in total. The van der Waals surface area contributed by atoms with Crippen LogP contribution in [0.5, 0.6) is 0 Å². The molecule has 0 atom stereocenters. The Balaban J connectivity index is 1.07. The predicted octanol–water partition coefficient (Wildman–Crippen LogP) is 15.4. The molecular formula is C66H40BN3O. The molecule has 2 aliphatic rings. The van der Waals surface area contributed by atoms with Gasteiger partial charge in [0, 0.05) is 72.2 Å². The van der Waals surface area contributed by atoms with Gasteiger partial charge in [-0.1, -0.05) is 170 Å². The Hall–Kier alpha value is -9.32. The summed E-state index contributed by atoms with van der Waals surface area (Å²) in [4.78, 5) is 2.60. The minimum absolute atomic E-state index is 0.0828. The van der Waals surface area contributed by atoms with Gasteiger partial charge in [0.15, 0.2) is 0 Å². The predicted molar refractivity (Wildman–Crippen MR) is 298 cm³/mol. The first-order valence-corrected chi connectivity index (χ1v) is 24.5. The van der Waals surface area contributed by atoms with Crippen molar-refractivity contribution in [2.24, 2.45) is 0 Å². The van der Waals surface area contributed by atoms with Gasteiger partial charge < -0.3 is 18.5 Å². The van der Waals surface area contributed by atoms with Crippen LogP contribution in [-0.4, -0.2) is 15.8 Å². The largest absolute Gasteiger partial charge is 0.456 e. The van der Waals surface area contributed by atoms with E-state index in [1.54, 1.807) is 0 Å². The molecule has 5 heteroatoms. The second kappa shape index (κ2) is 14.6. The van der Waals surface area contributed by atoms with Crippen molar-refractivity contribution in [2.45, 2.75) is 0 Å². The highest BCUT2D eigenvalue weighted by Gasteiger charge is 2.43. The van der Waals surface area contributed by atoms with Gasteiger partial charge in [0.2, 0.25) is 0 Å². The smallest absolute Gasteiger partial charge is 0.252 e. The number of fused-ring (bicyclic) bond motifs is 13. The minimum Gasteiger partial charge on any atom is -0.456 e. The van der Waals surface area contributed by atoms with E-state index in [2.05, 4.69) is 257 Å². The van der Waals surface area contributed by atoms with E-state index in [9.17, 15) is 0 Å². The number of benzene rings is 11. The molecule has 0 unspecified atom stereocenters. The molecule has 328 valence electrons. The van der Waals surface area contributed by atoms with Gasteiger partial charge in [-0.2, -0.15) is 0 Å². The molecule has 0 bridgehead atoms. The average Bonchev–Trinajstić information content (AvgIpc) is 4.09. The van der Waals surface area contributed by atoms with Gasteiger partial charge in [-0.3, -0.25) is 0 Å². The molecule has 0 saturated heterocycles. The number of para-hydroxylation sites is 5. The van der Waals surface area contributed by atoms with Crippen LogP contribution < -0.4 is 21.3 Å². The van der Waals surface area contributed by atoms with E-state index in [4.69, 9.17) is 4.42 Å². The van der Waals surface area contributed by atoms with Crippen LogP contribution in [0.1, 0.15) is 0 Å². The van der Waals surface area contributed by atoms with Crippen molar-refractivity contribution >= 4 is 106 Å². The highest BCUT2D eigenvalue weighted by molar-refractivity contribution is 7.00. The Labute approximate surface area is 409 Å². The fraction of sp³-hybridized carbons (Fsp3) is 0. The number of aromatic nitrogens is 2. The van der Waals surface area contributed by atoms with Crippen molar-refractivity contribution in [1.29, 1.82) is 0 Å². The number of nitrogens with zero attached hydrogens (tertiary/aromatic N) is 3. The lowest BCUT2D eigenvalue weighted by Crippen LogP contribution is -2.60. The van der Waals surface area contributed by atoms with E-state index in [1.165, 1.54) is 93.8 Å². The van der Waals surface area contributed by atoms with Crippen molar-refractivity contribution in [3.8, 4) is 44.8 Å². The maximum atomic E-state index is 6.67. The van der Waals surface area contributed by atoms with Gasteiger partial charge in [-0.25, -0.2) is 0 Å². The van der Waals surface area contributed by atoms with Crippen molar-refractivity contribution in [1.82, 2.24) is 9.13 Å². The van der Waals surface area contributed by atoms with E-state index in [0.29, 0.717) is 0 Å². The minimum atomic E-state index is -0.0828. The molecule has 0 N–H and O–H groups in total. The van der Waals surface area contributed by atoms with Gasteiger partial charge in [-0.05, 0) is 111 Å². The molecular weight excluding hydrogens is 862 g/mol. The topological polar surface area (TPSA) is 26.2 Å². The molecule has 0 radical (unpaired) electrons. The summed E-state index contributed by atoms with van der Waals surface area (Å²) in [5.41, 5.74) is 23.3. The lowest BCUT2D eigenvalue weighted by molar-refractivity contribution is 0.669. The molecule has 11 aromatic carbocycles. The summed E-state index contributed by atoms with van der Waals surface area (Å²) >= 11 is 0. The standard InChI is InChI=1S/C66H40BN3O/c1-4-18-41(19-5-1)43-22-16-23-44(34-43)47-26-10-13-31-56(47)69-60-38-52-48-27-11-14-32-57(48)68(46-24-8-3-9-25-46)58(52)39-55(60)67-54-30-17-29-50-51-37-53-49-28-12-15-33-63(49)71-64(53)40-59(51)70(66(50)54)62-36-45(35-61(69)65(62)67)42-20-6-2-7-21-42/h1-40H. The number of anilines is 3. The summed E-state index contributed by atoms with van der Waals surface area (Å²) in [7, 11) is 0. The van der Waals surface area contributed by atoms with Crippen LogP contribution in [0.2, 0.25) is 0 Å². The Morgan fingerprint density at radius 3 is 1.79 bits per heavy atom. The van der Waals surface area contributed by atoms with Crippen LogP contribution in [-0.2, 0) is 0 Å². The fourth-order valence-corrected chi connectivity index (χ4v) is 12.5.